The van der Waals surface area contributed by atoms with E-state index in [1.165, 1.54) is 0 Å². The summed E-state index contributed by atoms with van der Waals surface area (Å²) in [4.78, 5) is 4.28. The molecule has 1 aromatic rings. The van der Waals surface area contributed by atoms with Crippen LogP contribution in [-0.2, 0) is 0 Å². The van der Waals surface area contributed by atoms with E-state index < -0.39 is 0 Å². The number of aliphatic imine (C=N–C) groups is 1. The van der Waals surface area contributed by atoms with Gasteiger partial charge >= 0.3 is 0 Å². The summed E-state index contributed by atoms with van der Waals surface area (Å²) in [5.74, 6) is 0. The lowest BCUT2D eigenvalue weighted by molar-refractivity contribution is 1.07. The van der Waals surface area contributed by atoms with Gasteiger partial charge in [-0.05, 0) is 31.9 Å². The van der Waals surface area contributed by atoms with E-state index >= 15 is 0 Å². The number of allylic oxidation sites excluding steroid dienone is 3. The van der Waals surface area contributed by atoms with Gasteiger partial charge in [-0.2, -0.15) is 0 Å². The molecule has 0 saturated carbocycles. The number of benzene rings is 1. The van der Waals surface area contributed by atoms with Crippen LogP contribution in [0.3, 0.4) is 0 Å². The molecule has 0 aliphatic heterocycles. The molecule has 0 amide bonds. The molecule has 0 bridgehead atoms. The second kappa shape index (κ2) is 7.15. The fourth-order valence-electron chi connectivity index (χ4n) is 1.78. The Morgan fingerprint density at radius 1 is 1.50 bits per heavy atom. The molecule has 0 aliphatic rings. The maximum atomic E-state index is 6.50. The van der Waals surface area contributed by atoms with Crippen LogP contribution >= 0.6 is 11.6 Å². The highest BCUT2D eigenvalue weighted by Crippen LogP contribution is 2.31. The number of nitrogens with two attached hydrogens (primary N) is 1. The first-order chi connectivity index (χ1) is 9.40. The summed E-state index contributed by atoms with van der Waals surface area (Å²) in [6.45, 7) is 9.76. The van der Waals surface area contributed by atoms with Gasteiger partial charge in [0.1, 0.15) is 0 Å². The lowest BCUT2D eigenvalue weighted by Crippen LogP contribution is -2.06. The molecule has 0 radical (unpaired) electrons. The van der Waals surface area contributed by atoms with Crippen molar-refractivity contribution in [3.63, 3.8) is 0 Å². The summed E-state index contributed by atoms with van der Waals surface area (Å²) in [5.41, 5.74) is 11.1. The second-order valence-corrected chi connectivity index (χ2v) is 5.08. The van der Waals surface area contributed by atoms with E-state index in [0.29, 0.717) is 5.02 Å². The average Bonchev–Trinajstić information content (AvgIpc) is 2.41. The third-order valence-corrected chi connectivity index (χ3v) is 3.33. The largest absolute Gasteiger partial charge is 0.402 e. The van der Waals surface area contributed by atoms with Crippen molar-refractivity contribution >= 4 is 23.0 Å². The normalized spacial score (nSPS) is 12.4. The van der Waals surface area contributed by atoms with Gasteiger partial charge in [-0.25, -0.2) is 0 Å². The number of hydrogen-bond acceptors (Lipinski definition) is 3. The summed E-state index contributed by atoms with van der Waals surface area (Å²) in [5, 5.41) is 3.83. The predicted molar refractivity (Wildman–Crippen MR) is 89.6 cm³/mol. The lowest BCUT2D eigenvalue weighted by Gasteiger charge is -2.15. The fourth-order valence-corrected chi connectivity index (χ4v) is 2.13. The van der Waals surface area contributed by atoms with Crippen molar-refractivity contribution in [1.29, 1.82) is 0 Å². The number of aryl methyl sites for hydroxylation is 1. The Hall–Kier alpha value is -1.74. The summed E-state index contributed by atoms with van der Waals surface area (Å²) >= 11 is 6.50. The number of hydrogen-bond donors (Lipinski definition) is 2. The Bertz CT molecular complexity index is 571. The van der Waals surface area contributed by atoms with Crippen molar-refractivity contribution in [2.24, 2.45) is 10.7 Å². The monoisotopic (exact) mass is 291 g/mol. The van der Waals surface area contributed by atoms with E-state index in [-0.39, 0.29) is 0 Å². The third kappa shape index (κ3) is 3.87. The first-order valence-electron chi connectivity index (χ1n) is 6.55. The summed E-state index contributed by atoms with van der Waals surface area (Å²) < 4.78 is 0. The molecule has 0 saturated heterocycles. The van der Waals surface area contributed by atoms with Gasteiger partial charge < -0.3 is 11.1 Å². The maximum Gasteiger partial charge on any atom is 0.0737 e. The van der Waals surface area contributed by atoms with Crippen LogP contribution in [0.4, 0.5) is 5.69 Å². The SMILES string of the molecule is C=C(C)Nc1c(C)ccc(C(C=C(N)CC)=NC)c1Cl. The van der Waals surface area contributed by atoms with Crippen LogP contribution in [0, 0.1) is 6.92 Å². The Morgan fingerprint density at radius 3 is 2.65 bits per heavy atom. The molecule has 0 fully saturated rings. The zero-order valence-electron chi connectivity index (χ0n) is 12.5. The van der Waals surface area contributed by atoms with Gasteiger partial charge in [0.25, 0.3) is 0 Å². The minimum Gasteiger partial charge on any atom is -0.402 e. The van der Waals surface area contributed by atoms with Crippen LogP contribution in [0.15, 0.2) is 41.2 Å². The Kier molecular flexibility index (Phi) is 5.83. The molecule has 20 heavy (non-hydrogen) atoms. The quantitative estimate of drug-likeness (QED) is 0.796. The molecule has 1 rings (SSSR count). The highest BCUT2D eigenvalue weighted by molar-refractivity contribution is 6.37. The topological polar surface area (TPSA) is 50.4 Å². The summed E-state index contributed by atoms with van der Waals surface area (Å²) in [6, 6.07) is 3.97. The predicted octanol–water partition coefficient (Wildman–Crippen LogP) is 4.27. The Balaban J connectivity index is 3.36. The highest BCUT2D eigenvalue weighted by Gasteiger charge is 2.12. The van der Waals surface area contributed by atoms with Crippen molar-refractivity contribution in [3.05, 3.63) is 52.3 Å². The van der Waals surface area contributed by atoms with Gasteiger partial charge in [-0.3, -0.25) is 4.99 Å². The van der Waals surface area contributed by atoms with Crippen molar-refractivity contribution in [2.75, 3.05) is 12.4 Å². The molecular formula is C16H22ClN3. The van der Waals surface area contributed by atoms with Gasteiger partial charge in [-0.15, -0.1) is 0 Å². The van der Waals surface area contributed by atoms with Crippen LogP contribution in [0.5, 0.6) is 0 Å². The average molecular weight is 292 g/mol. The van der Waals surface area contributed by atoms with Crippen LogP contribution in [0.25, 0.3) is 0 Å². The Labute approximate surface area is 126 Å². The number of anilines is 1. The molecule has 0 aliphatic carbocycles. The van der Waals surface area contributed by atoms with E-state index in [1.54, 1.807) is 7.05 Å². The van der Waals surface area contributed by atoms with E-state index in [1.807, 2.05) is 39.0 Å². The van der Waals surface area contributed by atoms with E-state index in [9.17, 15) is 0 Å². The first-order valence-corrected chi connectivity index (χ1v) is 6.93. The maximum absolute atomic E-state index is 6.50. The lowest BCUT2D eigenvalue weighted by atomic mass is 10.0. The molecule has 1 aromatic carbocycles. The zero-order valence-corrected chi connectivity index (χ0v) is 13.3. The molecule has 0 unspecified atom stereocenters. The molecule has 0 heterocycles. The molecule has 3 N–H and O–H groups in total. The summed E-state index contributed by atoms with van der Waals surface area (Å²) in [7, 11) is 1.73. The van der Waals surface area contributed by atoms with Crippen LogP contribution in [-0.4, -0.2) is 12.8 Å². The molecule has 0 aromatic heterocycles. The highest BCUT2D eigenvalue weighted by atomic mass is 35.5. The minimum absolute atomic E-state index is 0.633. The molecule has 108 valence electrons. The van der Waals surface area contributed by atoms with Gasteiger partial charge in [0.05, 0.1) is 16.4 Å². The summed E-state index contributed by atoms with van der Waals surface area (Å²) in [6.07, 6.45) is 2.64. The van der Waals surface area contributed by atoms with Gasteiger partial charge in [0.15, 0.2) is 0 Å². The first kappa shape index (κ1) is 16.3. The molecule has 3 nitrogen and oxygen atoms in total. The molecular weight excluding hydrogens is 270 g/mol. The number of nitrogens with zero attached hydrogens (tertiary/aromatic N) is 1. The number of nitrogens with one attached hydrogen (secondary N) is 1. The standard InChI is InChI=1S/C16H22ClN3/c1-6-12(18)9-14(19-5)13-8-7-11(4)16(15(13)17)20-10(2)3/h7-9,20H,2,6,18H2,1,3-5H3. The van der Waals surface area contributed by atoms with Crippen LogP contribution in [0.2, 0.25) is 5.02 Å². The van der Waals surface area contributed by atoms with Crippen molar-refractivity contribution in [3.8, 4) is 0 Å². The third-order valence-electron chi connectivity index (χ3n) is 2.94. The minimum atomic E-state index is 0.633. The molecule has 4 heteroatoms. The Morgan fingerprint density at radius 2 is 2.15 bits per heavy atom. The second-order valence-electron chi connectivity index (χ2n) is 4.71. The van der Waals surface area contributed by atoms with E-state index in [4.69, 9.17) is 17.3 Å². The van der Waals surface area contributed by atoms with Gasteiger partial charge in [0.2, 0.25) is 0 Å². The molecule has 0 spiro atoms. The van der Waals surface area contributed by atoms with E-state index in [0.717, 1.165) is 40.3 Å². The van der Waals surface area contributed by atoms with E-state index in [2.05, 4.69) is 16.9 Å². The number of halogens is 1. The fraction of sp³-hybridized carbons (Fsp3) is 0.312. The van der Waals surface area contributed by atoms with Crippen LogP contribution < -0.4 is 11.1 Å². The smallest absolute Gasteiger partial charge is 0.0737 e. The van der Waals surface area contributed by atoms with Crippen molar-refractivity contribution in [2.45, 2.75) is 27.2 Å². The number of rotatable bonds is 5. The molecule has 0 atom stereocenters. The van der Waals surface area contributed by atoms with Crippen molar-refractivity contribution in [1.82, 2.24) is 0 Å². The van der Waals surface area contributed by atoms with Crippen molar-refractivity contribution < 1.29 is 0 Å². The zero-order chi connectivity index (χ0) is 15.3. The van der Waals surface area contributed by atoms with Gasteiger partial charge in [0, 0.05) is 24.0 Å². The van der Waals surface area contributed by atoms with Crippen LogP contribution in [0.1, 0.15) is 31.4 Å². The van der Waals surface area contributed by atoms with Gasteiger partial charge in [-0.1, -0.05) is 37.2 Å².